The van der Waals surface area contributed by atoms with Crippen LogP contribution in [0.5, 0.6) is 5.75 Å². The third-order valence-electron chi connectivity index (χ3n) is 9.15. The van der Waals surface area contributed by atoms with E-state index in [4.69, 9.17) is 19.2 Å². The molecule has 1 aromatic heterocycles. The van der Waals surface area contributed by atoms with Gasteiger partial charge in [0.05, 0.1) is 24.0 Å². The quantitative estimate of drug-likeness (QED) is 0.212. The molecule has 0 radical (unpaired) electrons. The van der Waals surface area contributed by atoms with E-state index in [1.807, 2.05) is 60.6 Å². The number of piperidine rings is 1. The van der Waals surface area contributed by atoms with Gasteiger partial charge < -0.3 is 19.1 Å². The van der Waals surface area contributed by atoms with Crippen LogP contribution in [-0.4, -0.2) is 42.4 Å². The van der Waals surface area contributed by atoms with Crippen LogP contribution >= 0.6 is 0 Å². The molecule has 0 N–H and O–H groups in total. The Balaban J connectivity index is 1.52. The van der Waals surface area contributed by atoms with Gasteiger partial charge in [-0.1, -0.05) is 30.7 Å². The number of aryl methyl sites for hydroxylation is 2. The number of nitrogens with zero attached hydrogens (tertiary/aromatic N) is 2. The number of pyridine rings is 1. The fourth-order valence-corrected chi connectivity index (χ4v) is 6.74. The minimum absolute atomic E-state index is 0.237. The van der Waals surface area contributed by atoms with Crippen molar-refractivity contribution in [1.29, 1.82) is 0 Å². The van der Waals surface area contributed by atoms with Gasteiger partial charge in [-0.05, 0) is 115 Å². The molecule has 1 spiro atoms. The molecule has 242 valence electrons. The Hall–Kier alpha value is -3.45. The monoisotopic (exact) mass is 616 g/mol. The van der Waals surface area contributed by atoms with Gasteiger partial charge in [0.25, 0.3) is 0 Å². The van der Waals surface area contributed by atoms with E-state index in [1.165, 1.54) is 31.4 Å². The maximum Gasteiger partial charge on any atom is 0.340 e. The largest absolute Gasteiger partial charge is 0.493 e. The van der Waals surface area contributed by atoms with E-state index < -0.39 is 17.7 Å². The number of esters is 1. The molecular formula is C38H49FN2O4. The van der Waals surface area contributed by atoms with Gasteiger partial charge in [-0.3, -0.25) is 4.98 Å². The minimum atomic E-state index is -0.914. The molecule has 0 amide bonds. The summed E-state index contributed by atoms with van der Waals surface area (Å²) in [6.07, 6.45) is 5.75. The van der Waals surface area contributed by atoms with E-state index in [1.54, 1.807) is 12.1 Å². The molecule has 1 aliphatic heterocycles. The molecule has 1 atom stereocenters. The van der Waals surface area contributed by atoms with Crippen molar-refractivity contribution in [1.82, 2.24) is 4.98 Å². The lowest BCUT2D eigenvalue weighted by atomic mass is 9.63. The highest BCUT2D eigenvalue weighted by Crippen LogP contribution is 2.51. The lowest BCUT2D eigenvalue weighted by molar-refractivity contribution is -0.171. The Morgan fingerprint density at radius 2 is 1.60 bits per heavy atom. The average molecular weight is 617 g/mol. The molecule has 6 nitrogen and oxygen atoms in total. The summed E-state index contributed by atoms with van der Waals surface area (Å²) in [5.41, 5.74) is 6.45. The Kier molecular flexibility index (Phi) is 9.88. The number of halogens is 1. The number of hydrogen-bond acceptors (Lipinski definition) is 6. The first-order chi connectivity index (χ1) is 21.3. The second kappa shape index (κ2) is 13.5. The third-order valence-corrected chi connectivity index (χ3v) is 9.15. The summed E-state index contributed by atoms with van der Waals surface area (Å²) in [5.74, 6) is 0.136. The molecule has 0 unspecified atom stereocenters. The van der Waals surface area contributed by atoms with Crippen LogP contribution < -0.4 is 9.64 Å². The molecular weight excluding hydrogens is 567 g/mol. The number of carbonyl (C=O) groups is 1. The summed E-state index contributed by atoms with van der Waals surface area (Å²) in [7, 11) is 0. The van der Waals surface area contributed by atoms with Gasteiger partial charge >= 0.3 is 5.97 Å². The molecule has 2 aromatic carbocycles. The highest BCUT2D eigenvalue weighted by molar-refractivity contribution is 5.88. The second-order valence-electron chi connectivity index (χ2n) is 14.1. The average Bonchev–Trinajstić information content (AvgIpc) is 2.96. The molecule has 1 saturated heterocycles. The smallest absolute Gasteiger partial charge is 0.340 e. The number of ether oxygens (including phenoxy) is 3. The van der Waals surface area contributed by atoms with Crippen molar-refractivity contribution in [2.75, 3.05) is 24.6 Å². The predicted octanol–water partition coefficient (Wildman–Crippen LogP) is 8.70. The number of rotatable bonds is 10. The normalized spacial score (nSPS) is 16.9. The molecule has 45 heavy (non-hydrogen) atoms. The second-order valence-corrected chi connectivity index (χ2v) is 14.1. The molecule has 1 aliphatic carbocycles. The number of carbonyl (C=O) groups excluding carboxylic acids is 1. The standard InChI is InChI=1S/C38H49FN2O4/c1-25(2)44-36(42)35(45-37(5,6)7)33-27(4)40-26(3)32(34(33)41-22-20-38(21-23-41)18-8-19-38)29-11-15-31(16-12-29)43-24-17-28-9-13-30(39)14-10-28/h9-16,25,35H,8,17-24H2,1-7H3/t35-/m0/s1. The highest BCUT2D eigenvalue weighted by Gasteiger charge is 2.42. The van der Waals surface area contributed by atoms with Gasteiger partial charge in [-0.15, -0.1) is 0 Å². The van der Waals surface area contributed by atoms with Gasteiger partial charge in [0, 0.05) is 42.0 Å². The van der Waals surface area contributed by atoms with E-state index in [2.05, 4.69) is 17.0 Å². The van der Waals surface area contributed by atoms with E-state index in [0.717, 1.165) is 71.0 Å². The number of benzene rings is 2. The summed E-state index contributed by atoms with van der Waals surface area (Å²) in [6, 6.07) is 14.6. The fourth-order valence-electron chi connectivity index (χ4n) is 6.74. The number of anilines is 1. The van der Waals surface area contributed by atoms with Crippen molar-refractivity contribution < 1.29 is 23.4 Å². The lowest BCUT2D eigenvalue weighted by Gasteiger charge is -2.49. The zero-order chi connectivity index (χ0) is 32.4. The van der Waals surface area contributed by atoms with Crippen LogP contribution in [0.1, 0.15) is 95.3 Å². The summed E-state index contributed by atoms with van der Waals surface area (Å²) < 4.78 is 31.6. The Labute approximate surface area is 268 Å². The first-order valence-corrected chi connectivity index (χ1v) is 16.5. The van der Waals surface area contributed by atoms with Crippen LogP contribution in [0.3, 0.4) is 0 Å². The van der Waals surface area contributed by atoms with Crippen molar-refractivity contribution in [2.45, 2.75) is 105 Å². The lowest BCUT2D eigenvalue weighted by Crippen LogP contribution is -2.44. The Bertz CT molecular complexity index is 1460. The van der Waals surface area contributed by atoms with Crippen LogP contribution in [0, 0.1) is 25.1 Å². The van der Waals surface area contributed by atoms with Gasteiger partial charge in [0.1, 0.15) is 11.6 Å². The molecule has 3 aromatic rings. The van der Waals surface area contributed by atoms with Crippen molar-refractivity contribution in [3.63, 3.8) is 0 Å². The van der Waals surface area contributed by atoms with Gasteiger partial charge in [-0.25, -0.2) is 9.18 Å². The highest BCUT2D eigenvalue weighted by atomic mass is 19.1. The molecule has 0 bridgehead atoms. The molecule has 2 fully saturated rings. The van der Waals surface area contributed by atoms with Crippen molar-refractivity contribution in [3.8, 4) is 16.9 Å². The molecule has 1 saturated carbocycles. The predicted molar refractivity (Wildman–Crippen MR) is 177 cm³/mol. The maximum atomic E-state index is 13.7. The van der Waals surface area contributed by atoms with Crippen molar-refractivity contribution >= 4 is 11.7 Å². The molecule has 2 heterocycles. The fraction of sp³-hybridized carbons (Fsp3) is 0.526. The van der Waals surface area contributed by atoms with E-state index in [9.17, 15) is 9.18 Å². The van der Waals surface area contributed by atoms with Crippen LogP contribution in [0.25, 0.3) is 11.1 Å². The third kappa shape index (κ3) is 7.86. The SMILES string of the molecule is Cc1nc(C)c([C@H](OC(C)(C)C)C(=O)OC(C)C)c(N2CCC3(CCC3)CC2)c1-c1ccc(OCCc2ccc(F)cc2)cc1. The van der Waals surface area contributed by atoms with Crippen molar-refractivity contribution in [2.24, 2.45) is 5.41 Å². The Morgan fingerprint density at radius 3 is 2.16 bits per heavy atom. The van der Waals surface area contributed by atoms with E-state index >= 15 is 0 Å². The Morgan fingerprint density at radius 1 is 0.956 bits per heavy atom. The van der Waals surface area contributed by atoms with Gasteiger partial charge in [-0.2, -0.15) is 0 Å². The van der Waals surface area contributed by atoms with Crippen LogP contribution in [-0.2, 0) is 20.7 Å². The molecule has 7 heteroatoms. The van der Waals surface area contributed by atoms with E-state index in [0.29, 0.717) is 18.4 Å². The van der Waals surface area contributed by atoms with Crippen LogP contribution in [0.15, 0.2) is 48.5 Å². The zero-order valence-corrected chi connectivity index (χ0v) is 28.0. The summed E-state index contributed by atoms with van der Waals surface area (Å²) in [5, 5.41) is 0. The zero-order valence-electron chi connectivity index (χ0n) is 28.0. The van der Waals surface area contributed by atoms with Crippen molar-refractivity contribution in [3.05, 3.63) is 76.9 Å². The first kappa shape index (κ1) is 32.9. The number of hydrogen-bond donors (Lipinski definition) is 0. The summed E-state index contributed by atoms with van der Waals surface area (Å²) in [4.78, 5) is 21.2. The van der Waals surface area contributed by atoms with Gasteiger partial charge in [0.2, 0.25) is 0 Å². The van der Waals surface area contributed by atoms with Crippen LogP contribution in [0.2, 0.25) is 0 Å². The summed E-state index contributed by atoms with van der Waals surface area (Å²) in [6.45, 7) is 16.0. The molecule has 2 aliphatic rings. The van der Waals surface area contributed by atoms with E-state index in [-0.39, 0.29) is 11.9 Å². The molecule has 5 rings (SSSR count). The van der Waals surface area contributed by atoms with Crippen LogP contribution in [0.4, 0.5) is 10.1 Å². The van der Waals surface area contributed by atoms with Gasteiger partial charge in [0.15, 0.2) is 6.10 Å². The minimum Gasteiger partial charge on any atom is -0.493 e. The topological polar surface area (TPSA) is 60.9 Å². The maximum absolute atomic E-state index is 13.7. The summed E-state index contributed by atoms with van der Waals surface area (Å²) >= 11 is 0. The first-order valence-electron chi connectivity index (χ1n) is 16.5. The number of aromatic nitrogens is 1.